The first-order valence-electron chi connectivity index (χ1n) is 10.2. The van der Waals surface area contributed by atoms with Gasteiger partial charge in [0, 0.05) is 25.6 Å². The third-order valence-corrected chi connectivity index (χ3v) is 4.34. The molecule has 0 fully saturated rings. The molecule has 8 heteroatoms. The fraction of sp³-hybridized carbons (Fsp3) is 0.348. The third-order valence-electron chi connectivity index (χ3n) is 4.34. The van der Waals surface area contributed by atoms with E-state index in [0.717, 1.165) is 11.1 Å². The van der Waals surface area contributed by atoms with E-state index in [4.69, 9.17) is 18.7 Å². The summed E-state index contributed by atoms with van der Waals surface area (Å²) in [6, 6.07) is 14.9. The first kappa shape index (κ1) is 22.5. The highest BCUT2D eigenvalue weighted by atomic mass is 16.5. The van der Waals surface area contributed by atoms with E-state index >= 15 is 0 Å². The van der Waals surface area contributed by atoms with Crippen LogP contribution in [0.5, 0.6) is 5.75 Å². The molecule has 3 rings (SSSR count). The van der Waals surface area contributed by atoms with Gasteiger partial charge in [0.05, 0.1) is 19.8 Å². The van der Waals surface area contributed by atoms with E-state index in [1.165, 1.54) is 0 Å². The van der Waals surface area contributed by atoms with E-state index in [0.29, 0.717) is 56.0 Å². The topological polar surface area (TPSA) is 95.7 Å². The number of ether oxygens (including phenoxy) is 3. The van der Waals surface area contributed by atoms with Crippen molar-refractivity contribution in [3.05, 3.63) is 76.9 Å². The van der Waals surface area contributed by atoms with Crippen LogP contribution in [-0.2, 0) is 29.2 Å². The van der Waals surface area contributed by atoms with E-state index < -0.39 is 0 Å². The molecule has 0 aliphatic rings. The number of carbonyl (C=O) groups excluding carboxylic acids is 1. The number of carbonyl (C=O) groups is 1. The molecule has 0 saturated carbocycles. The van der Waals surface area contributed by atoms with Gasteiger partial charge in [-0.1, -0.05) is 29.4 Å². The fourth-order valence-corrected chi connectivity index (χ4v) is 2.82. The normalized spacial score (nSPS) is 10.8. The summed E-state index contributed by atoms with van der Waals surface area (Å²) in [6.45, 7) is 6.66. The van der Waals surface area contributed by atoms with Crippen LogP contribution < -0.4 is 10.1 Å². The lowest BCUT2D eigenvalue weighted by atomic mass is 10.1. The molecule has 0 unspecified atom stereocenters. The molecule has 1 aromatic heterocycles. The van der Waals surface area contributed by atoms with Crippen LogP contribution in [0.2, 0.25) is 0 Å². The molecule has 31 heavy (non-hydrogen) atoms. The van der Waals surface area contributed by atoms with Gasteiger partial charge in [0.2, 0.25) is 11.7 Å². The van der Waals surface area contributed by atoms with Gasteiger partial charge in [-0.05, 0) is 42.3 Å². The van der Waals surface area contributed by atoms with Crippen LogP contribution in [0.3, 0.4) is 0 Å². The van der Waals surface area contributed by atoms with E-state index in [-0.39, 0.29) is 12.5 Å². The van der Waals surface area contributed by atoms with Crippen molar-refractivity contribution in [2.75, 3.05) is 19.8 Å². The first-order valence-corrected chi connectivity index (χ1v) is 10.2. The van der Waals surface area contributed by atoms with E-state index in [9.17, 15) is 4.79 Å². The van der Waals surface area contributed by atoms with Gasteiger partial charge in [-0.15, -0.1) is 0 Å². The van der Waals surface area contributed by atoms with E-state index in [1.807, 2.05) is 31.2 Å². The quantitative estimate of drug-likeness (QED) is 0.444. The molecule has 0 radical (unpaired) electrons. The average molecular weight is 425 g/mol. The smallest absolute Gasteiger partial charge is 0.251 e. The Bertz CT molecular complexity index is 956. The molecule has 0 spiro atoms. The van der Waals surface area contributed by atoms with Gasteiger partial charge >= 0.3 is 0 Å². The van der Waals surface area contributed by atoms with Gasteiger partial charge in [-0.3, -0.25) is 4.79 Å². The summed E-state index contributed by atoms with van der Waals surface area (Å²) < 4.78 is 21.4. The lowest BCUT2D eigenvalue weighted by molar-refractivity contribution is 0.0453. The van der Waals surface area contributed by atoms with Crippen LogP contribution in [0.1, 0.15) is 40.1 Å². The Balaban J connectivity index is 1.44. The molecule has 0 aliphatic carbocycles. The molecule has 164 valence electrons. The van der Waals surface area contributed by atoms with Crippen molar-refractivity contribution in [1.29, 1.82) is 0 Å². The van der Waals surface area contributed by atoms with Crippen molar-refractivity contribution < 1.29 is 23.5 Å². The SMILES string of the molecule is CCOCCOCc1cccc(CNC(=O)c2ccc(OCc3noc(C)n3)cc2)c1. The number of nitrogens with zero attached hydrogens (tertiary/aromatic N) is 2. The Morgan fingerprint density at radius 2 is 1.81 bits per heavy atom. The largest absolute Gasteiger partial charge is 0.485 e. The molecule has 8 nitrogen and oxygen atoms in total. The van der Waals surface area contributed by atoms with Gasteiger partial charge in [0.15, 0.2) is 6.61 Å². The lowest BCUT2D eigenvalue weighted by Crippen LogP contribution is -2.22. The lowest BCUT2D eigenvalue weighted by Gasteiger charge is -2.09. The summed E-state index contributed by atoms with van der Waals surface area (Å²) in [5.41, 5.74) is 2.62. The summed E-state index contributed by atoms with van der Waals surface area (Å²) in [5.74, 6) is 1.43. The number of aryl methyl sites for hydroxylation is 1. The van der Waals surface area contributed by atoms with Crippen molar-refractivity contribution >= 4 is 5.91 Å². The Morgan fingerprint density at radius 1 is 1.03 bits per heavy atom. The molecule has 2 aromatic carbocycles. The first-order chi connectivity index (χ1) is 15.1. The number of aromatic nitrogens is 2. The van der Waals surface area contributed by atoms with E-state index in [2.05, 4.69) is 15.5 Å². The van der Waals surface area contributed by atoms with Gasteiger partial charge in [0.1, 0.15) is 5.75 Å². The number of hydrogen-bond acceptors (Lipinski definition) is 7. The molecule has 1 amide bonds. The van der Waals surface area contributed by atoms with Crippen molar-refractivity contribution in [2.45, 2.75) is 33.6 Å². The summed E-state index contributed by atoms with van der Waals surface area (Å²) in [4.78, 5) is 16.5. The molecule has 3 aromatic rings. The number of nitrogens with one attached hydrogen (secondary N) is 1. The predicted octanol–water partition coefficient (Wildman–Crippen LogP) is 3.44. The Labute approximate surface area is 181 Å². The van der Waals surface area contributed by atoms with Crippen LogP contribution in [0, 0.1) is 6.92 Å². The maximum absolute atomic E-state index is 12.4. The monoisotopic (exact) mass is 425 g/mol. The number of rotatable bonds is 12. The zero-order chi connectivity index (χ0) is 21.9. The standard InChI is InChI=1S/C23H27N3O5/c1-3-28-11-12-29-15-19-6-4-5-18(13-19)14-24-23(27)20-7-9-21(10-8-20)30-16-22-25-17(2)31-26-22/h4-10,13H,3,11-12,14-16H2,1-2H3,(H,24,27). The highest BCUT2D eigenvalue weighted by molar-refractivity contribution is 5.94. The Hall–Kier alpha value is -3.23. The van der Waals surface area contributed by atoms with Crippen LogP contribution in [-0.4, -0.2) is 35.9 Å². The summed E-state index contributed by atoms with van der Waals surface area (Å²) >= 11 is 0. The second kappa shape index (κ2) is 11.8. The second-order valence-electron chi connectivity index (χ2n) is 6.79. The van der Waals surface area contributed by atoms with Gasteiger partial charge < -0.3 is 24.1 Å². The maximum atomic E-state index is 12.4. The summed E-state index contributed by atoms with van der Waals surface area (Å²) in [6.07, 6.45) is 0. The highest BCUT2D eigenvalue weighted by Gasteiger charge is 2.07. The Morgan fingerprint density at radius 3 is 2.55 bits per heavy atom. The zero-order valence-corrected chi connectivity index (χ0v) is 17.8. The minimum Gasteiger partial charge on any atom is -0.485 e. The van der Waals surface area contributed by atoms with Gasteiger partial charge in [-0.25, -0.2) is 0 Å². The highest BCUT2D eigenvalue weighted by Crippen LogP contribution is 2.14. The minimum atomic E-state index is -0.154. The van der Waals surface area contributed by atoms with E-state index in [1.54, 1.807) is 31.2 Å². The number of hydrogen-bond donors (Lipinski definition) is 1. The van der Waals surface area contributed by atoms with Crippen LogP contribution in [0.4, 0.5) is 0 Å². The predicted molar refractivity (Wildman–Crippen MR) is 114 cm³/mol. The zero-order valence-electron chi connectivity index (χ0n) is 17.8. The molecular weight excluding hydrogens is 398 g/mol. The van der Waals surface area contributed by atoms with Crippen LogP contribution in [0.25, 0.3) is 0 Å². The fourth-order valence-electron chi connectivity index (χ4n) is 2.82. The molecule has 1 N–H and O–H groups in total. The molecule has 0 aliphatic heterocycles. The van der Waals surface area contributed by atoms with Crippen molar-refractivity contribution in [1.82, 2.24) is 15.5 Å². The minimum absolute atomic E-state index is 0.154. The summed E-state index contributed by atoms with van der Waals surface area (Å²) in [5, 5.41) is 6.71. The van der Waals surface area contributed by atoms with Gasteiger partial charge in [-0.2, -0.15) is 4.98 Å². The molecule has 1 heterocycles. The molecular formula is C23H27N3O5. The van der Waals surface area contributed by atoms with Crippen LogP contribution in [0.15, 0.2) is 53.1 Å². The number of benzene rings is 2. The third kappa shape index (κ3) is 7.51. The molecule has 0 atom stereocenters. The van der Waals surface area contributed by atoms with Crippen molar-refractivity contribution in [3.63, 3.8) is 0 Å². The average Bonchev–Trinajstić information content (AvgIpc) is 3.21. The number of amides is 1. The molecule has 0 bridgehead atoms. The van der Waals surface area contributed by atoms with Crippen molar-refractivity contribution in [2.24, 2.45) is 0 Å². The van der Waals surface area contributed by atoms with Gasteiger partial charge in [0.25, 0.3) is 5.91 Å². The second-order valence-corrected chi connectivity index (χ2v) is 6.79. The Kier molecular flexibility index (Phi) is 8.57. The molecule has 0 saturated heterocycles. The van der Waals surface area contributed by atoms with Crippen LogP contribution >= 0.6 is 0 Å². The maximum Gasteiger partial charge on any atom is 0.251 e. The summed E-state index contributed by atoms with van der Waals surface area (Å²) in [7, 11) is 0. The van der Waals surface area contributed by atoms with Crippen molar-refractivity contribution in [3.8, 4) is 5.75 Å².